The molecule has 1 aromatic rings. The van der Waals surface area contributed by atoms with Crippen LogP contribution in [0.4, 0.5) is 0 Å². The molecule has 1 aliphatic carbocycles. The lowest BCUT2D eigenvalue weighted by Gasteiger charge is -2.41. The Morgan fingerprint density at radius 3 is 2.46 bits per heavy atom. The maximum atomic E-state index is 13.2. The molecule has 0 bridgehead atoms. The lowest BCUT2D eigenvalue weighted by atomic mass is 10.0. The van der Waals surface area contributed by atoms with Crippen LogP contribution in [-0.4, -0.2) is 59.2 Å². The van der Waals surface area contributed by atoms with Crippen LogP contribution >= 0.6 is 0 Å². The van der Waals surface area contributed by atoms with Crippen molar-refractivity contribution in [3.05, 3.63) is 35.9 Å². The standard InChI is InChI=1S/C22H31N3O3/c1-3-7-20(26)23-19(14-17-8-5-4-6-9-17)22(28)24-12-13-25(16(2)15-24)21(27)18-10-11-18/h4-6,8-9,16,18-19H,3,7,10-15H2,1-2H3,(H,23,26). The summed E-state index contributed by atoms with van der Waals surface area (Å²) in [5.74, 6) is 0.284. The molecule has 1 aliphatic heterocycles. The van der Waals surface area contributed by atoms with E-state index in [1.807, 2.05) is 49.1 Å². The van der Waals surface area contributed by atoms with E-state index in [-0.39, 0.29) is 29.7 Å². The fraction of sp³-hybridized carbons (Fsp3) is 0.591. The predicted molar refractivity (Wildman–Crippen MR) is 107 cm³/mol. The van der Waals surface area contributed by atoms with E-state index in [1.165, 1.54) is 0 Å². The van der Waals surface area contributed by atoms with Crippen LogP contribution in [0.2, 0.25) is 0 Å². The zero-order valence-electron chi connectivity index (χ0n) is 16.9. The maximum Gasteiger partial charge on any atom is 0.245 e. The molecule has 2 aliphatic rings. The largest absolute Gasteiger partial charge is 0.344 e. The average molecular weight is 386 g/mol. The molecular weight excluding hydrogens is 354 g/mol. The molecule has 3 amide bonds. The Bertz CT molecular complexity index is 702. The molecule has 0 aromatic heterocycles. The van der Waals surface area contributed by atoms with Gasteiger partial charge in [0.2, 0.25) is 17.7 Å². The highest BCUT2D eigenvalue weighted by Crippen LogP contribution is 2.32. The molecule has 6 heteroatoms. The number of hydrogen-bond donors (Lipinski definition) is 1. The summed E-state index contributed by atoms with van der Waals surface area (Å²) >= 11 is 0. The highest BCUT2D eigenvalue weighted by Gasteiger charge is 2.39. The summed E-state index contributed by atoms with van der Waals surface area (Å²) < 4.78 is 0. The summed E-state index contributed by atoms with van der Waals surface area (Å²) in [5, 5.41) is 2.93. The van der Waals surface area contributed by atoms with Crippen molar-refractivity contribution in [3.63, 3.8) is 0 Å². The van der Waals surface area contributed by atoms with Gasteiger partial charge in [-0.1, -0.05) is 37.3 Å². The van der Waals surface area contributed by atoms with Crippen molar-refractivity contribution in [1.29, 1.82) is 0 Å². The SMILES string of the molecule is CCCC(=O)NC(Cc1ccccc1)C(=O)N1CCN(C(=O)C2CC2)C(C)C1. The first-order valence-corrected chi connectivity index (χ1v) is 10.4. The molecule has 1 saturated carbocycles. The van der Waals surface area contributed by atoms with E-state index in [1.54, 1.807) is 4.90 Å². The van der Waals surface area contributed by atoms with E-state index in [0.717, 1.165) is 24.8 Å². The van der Waals surface area contributed by atoms with Crippen molar-refractivity contribution < 1.29 is 14.4 Å². The zero-order valence-corrected chi connectivity index (χ0v) is 16.9. The monoisotopic (exact) mass is 385 g/mol. The molecule has 2 atom stereocenters. The van der Waals surface area contributed by atoms with Gasteiger partial charge in [0, 0.05) is 44.4 Å². The van der Waals surface area contributed by atoms with E-state index in [0.29, 0.717) is 32.5 Å². The summed E-state index contributed by atoms with van der Waals surface area (Å²) in [6.07, 6.45) is 3.63. The normalized spacial score (nSPS) is 20.6. The van der Waals surface area contributed by atoms with Crippen molar-refractivity contribution in [1.82, 2.24) is 15.1 Å². The van der Waals surface area contributed by atoms with Gasteiger partial charge in [-0.3, -0.25) is 14.4 Å². The number of carbonyl (C=O) groups is 3. The first-order valence-electron chi connectivity index (χ1n) is 10.4. The molecular formula is C22H31N3O3. The van der Waals surface area contributed by atoms with Gasteiger partial charge in [-0.05, 0) is 31.7 Å². The third-order valence-electron chi connectivity index (χ3n) is 5.54. The third kappa shape index (κ3) is 5.12. The summed E-state index contributed by atoms with van der Waals surface area (Å²) in [6, 6.07) is 9.20. The number of amides is 3. The average Bonchev–Trinajstić information content (AvgIpc) is 3.52. The van der Waals surface area contributed by atoms with Crippen LogP contribution in [0.25, 0.3) is 0 Å². The van der Waals surface area contributed by atoms with Gasteiger partial charge in [-0.15, -0.1) is 0 Å². The van der Waals surface area contributed by atoms with Crippen molar-refractivity contribution in [2.45, 2.75) is 58.0 Å². The van der Waals surface area contributed by atoms with Crippen molar-refractivity contribution in [2.24, 2.45) is 5.92 Å². The van der Waals surface area contributed by atoms with Crippen LogP contribution in [0.1, 0.15) is 45.1 Å². The summed E-state index contributed by atoms with van der Waals surface area (Å²) in [7, 11) is 0. The van der Waals surface area contributed by atoms with E-state index in [2.05, 4.69) is 5.32 Å². The molecule has 2 fully saturated rings. The predicted octanol–water partition coefficient (Wildman–Crippen LogP) is 1.98. The van der Waals surface area contributed by atoms with E-state index in [9.17, 15) is 14.4 Å². The topological polar surface area (TPSA) is 69.7 Å². The zero-order chi connectivity index (χ0) is 20.1. The summed E-state index contributed by atoms with van der Waals surface area (Å²) in [4.78, 5) is 41.5. The van der Waals surface area contributed by atoms with E-state index in [4.69, 9.17) is 0 Å². The van der Waals surface area contributed by atoms with Crippen LogP contribution in [0.5, 0.6) is 0 Å². The van der Waals surface area contributed by atoms with Crippen molar-refractivity contribution >= 4 is 17.7 Å². The number of piperazine rings is 1. The molecule has 1 aromatic carbocycles. The fourth-order valence-electron chi connectivity index (χ4n) is 3.81. The summed E-state index contributed by atoms with van der Waals surface area (Å²) in [6.45, 7) is 5.57. The first-order chi connectivity index (χ1) is 13.5. The van der Waals surface area contributed by atoms with Crippen LogP contribution in [0, 0.1) is 5.92 Å². The highest BCUT2D eigenvalue weighted by atomic mass is 16.2. The van der Waals surface area contributed by atoms with E-state index < -0.39 is 6.04 Å². The Morgan fingerprint density at radius 2 is 1.86 bits per heavy atom. The highest BCUT2D eigenvalue weighted by molar-refractivity contribution is 5.88. The summed E-state index contributed by atoms with van der Waals surface area (Å²) in [5.41, 5.74) is 1.02. The number of benzene rings is 1. The molecule has 152 valence electrons. The second kappa shape index (κ2) is 9.22. The first kappa shape index (κ1) is 20.4. The molecule has 1 heterocycles. The minimum atomic E-state index is -0.570. The van der Waals surface area contributed by atoms with Gasteiger partial charge in [0.25, 0.3) is 0 Å². The Balaban J connectivity index is 1.66. The Hall–Kier alpha value is -2.37. The van der Waals surface area contributed by atoms with Gasteiger partial charge in [-0.2, -0.15) is 0 Å². The number of hydrogen-bond acceptors (Lipinski definition) is 3. The van der Waals surface area contributed by atoms with Crippen LogP contribution < -0.4 is 5.32 Å². The molecule has 0 radical (unpaired) electrons. The second-order valence-corrected chi connectivity index (χ2v) is 8.00. The number of carbonyl (C=O) groups excluding carboxylic acids is 3. The van der Waals surface area contributed by atoms with Gasteiger partial charge >= 0.3 is 0 Å². The van der Waals surface area contributed by atoms with Crippen molar-refractivity contribution in [3.8, 4) is 0 Å². The Kier molecular flexibility index (Phi) is 6.70. The molecule has 2 unspecified atom stereocenters. The Labute approximate surface area is 167 Å². The molecule has 1 saturated heterocycles. The smallest absolute Gasteiger partial charge is 0.245 e. The van der Waals surface area contributed by atoms with Gasteiger partial charge < -0.3 is 15.1 Å². The van der Waals surface area contributed by atoms with Gasteiger partial charge in [-0.25, -0.2) is 0 Å². The van der Waals surface area contributed by atoms with Crippen LogP contribution in [-0.2, 0) is 20.8 Å². The molecule has 6 nitrogen and oxygen atoms in total. The number of nitrogens with zero attached hydrogens (tertiary/aromatic N) is 2. The molecule has 28 heavy (non-hydrogen) atoms. The lowest BCUT2D eigenvalue weighted by molar-refractivity contribution is -0.145. The molecule has 1 N–H and O–H groups in total. The van der Waals surface area contributed by atoms with Crippen LogP contribution in [0.3, 0.4) is 0 Å². The number of rotatable bonds is 7. The molecule has 0 spiro atoms. The van der Waals surface area contributed by atoms with Crippen LogP contribution in [0.15, 0.2) is 30.3 Å². The van der Waals surface area contributed by atoms with Gasteiger partial charge in [0.05, 0.1) is 0 Å². The minimum absolute atomic E-state index is 0.00881. The lowest BCUT2D eigenvalue weighted by Crippen LogP contribution is -2.59. The minimum Gasteiger partial charge on any atom is -0.344 e. The third-order valence-corrected chi connectivity index (χ3v) is 5.54. The fourth-order valence-corrected chi connectivity index (χ4v) is 3.81. The second-order valence-electron chi connectivity index (χ2n) is 8.00. The molecule has 3 rings (SSSR count). The van der Waals surface area contributed by atoms with Gasteiger partial charge in [0.15, 0.2) is 0 Å². The van der Waals surface area contributed by atoms with Crippen molar-refractivity contribution in [2.75, 3.05) is 19.6 Å². The van der Waals surface area contributed by atoms with E-state index >= 15 is 0 Å². The maximum absolute atomic E-state index is 13.2. The Morgan fingerprint density at radius 1 is 1.14 bits per heavy atom. The quantitative estimate of drug-likeness (QED) is 0.780. The number of nitrogens with one attached hydrogen (secondary N) is 1. The van der Waals surface area contributed by atoms with Gasteiger partial charge in [0.1, 0.15) is 6.04 Å².